The summed E-state index contributed by atoms with van der Waals surface area (Å²) in [7, 11) is 0. The van der Waals surface area contributed by atoms with Crippen molar-refractivity contribution in [2.45, 2.75) is 38.0 Å². The Hall–Kier alpha value is -4.02. The number of nitrogens with two attached hydrogens (primary N) is 1. The van der Waals surface area contributed by atoms with Crippen LogP contribution in [0.4, 0.5) is 4.39 Å². The van der Waals surface area contributed by atoms with Crippen LogP contribution in [0.1, 0.15) is 39.9 Å². The highest BCUT2D eigenvalue weighted by atomic mass is 19.1. The number of aliphatic hydroxyl groups excluding tert-OH is 2. The van der Waals surface area contributed by atoms with Crippen LogP contribution in [0.3, 0.4) is 0 Å². The van der Waals surface area contributed by atoms with Gasteiger partial charge in [-0.05, 0) is 53.6 Å². The maximum Gasteiger partial charge on any atom is 0.255 e. The molecule has 0 saturated carbocycles. The third-order valence-corrected chi connectivity index (χ3v) is 7.60. The Balaban J connectivity index is 1.49. The zero-order valence-corrected chi connectivity index (χ0v) is 19.6. The molecule has 0 heterocycles. The first kappa shape index (κ1) is 24.7. The molecule has 0 unspecified atom stereocenters. The second kappa shape index (κ2) is 8.82. The number of hydrogen-bond donors (Lipinski definition) is 6. The average molecular weight is 509 g/mol. The summed E-state index contributed by atoms with van der Waals surface area (Å²) in [6, 6.07) is 9.07. The molecule has 7 N–H and O–H groups in total. The molecule has 0 spiro atoms. The molecule has 192 valence electrons. The molecule has 2 aromatic rings. The highest BCUT2D eigenvalue weighted by molar-refractivity contribution is 6.24. The summed E-state index contributed by atoms with van der Waals surface area (Å²) in [6.45, 7) is 0.770. The first-order valence-corrected chi connectivity index (χ1v) is 11.8. The summed E-state index contributed by atoms with van der Waals surface area (Å²) in [5.74, 6) is -6.88. The molecule has 3 aliphatic rings. The van der Waals surface area contributed by atoms with Gasteiger partial charge in [0.1, 0.15) is 28.7 Å². The first-order chi connectivity index (χ1) is 17.5. The van der Waals surface area contributed by atoms with Gasteiger partial charge in [-0.1, -0.05) is 18.2 Å². The van der Waals surface area contributed by atoms with Crippen LogP contribution in [0, 0.1) is 17.7 Å². The van der Waals surface area contributed by atoms with Gasteiger partial charge in [-0.25, -0.2) is 4.39 Å². The Bertz CT molecular complexity index is 1410. The van der Waals surface area contributed by atoms with Crippen LogP contribution < -0.4 is 11.1 Å². The van der Waals surface area contributed by atoms with E-state index < -0.39 is 52.0 Å². The van der Waals surface area contributed by atoms with Crippen molar-refractivity contribution in [3.63, 3.8) is 0 Å². The summed E-state index contributed by atoms with van der Waals surface area (Å²) < 4.78 is 13.2. The Morgan fingerprint density at radius 3 is 2.43 bits per heavy atom. The zero-order chi connectivity index (χ0) is 26.6. The molecule has 0 saturated heterocycles. The maximum atomic E-state index is 13.6. The third kappa shape index (κ3) is 3.80. The molecule has 3 aliphatic carbocycles. The zero-order valence-electron chi connectivity index (χ0n) is 19.6. The van der Waals surface area contributed by atoms with E-state index in [4.69, 9.17) is 5.73 Å². The van der Waals surface area contributed by atoms with Crippen LogP contribution in [0.2, 0.25) is 0 Å². The van der Waals surface area contributed by atoms with E-state index in [9.17, 15) is 39.2 Å². The number of Topliss-reactive ketones (excluding diaryl/α,β-unsaturated/α-hetero) is 2. The van der Waals surface area contributed by atoms with E-state index in [2.05, 4.69) is 5.32 Å². The predicted molar refractivity (Wildman–Crippen MR) is 128 cm³/mol. The van der Waals surface area contributed by atoms with Crippen molar-refractivity contribution in [1.29, 1.82) is 0 Å². The normalized spacial score (nSPS) is 25.0. The van der Waals surface area contributed by atoms with E-state index in [0.717, 1.165) is 11.1 Å². The Kier molecular flexibility index (Phi) is 5.88. The molecule has 1 amide bonds. The van der Waals surface area contributed by atoms with Gasteiger partial charge in [0.15, 0.2) is 11.4 Å². The Labute approximate surface area is 210 Å². The smallest absolute Gasteiger partial charge is 0.255 e. The molecule has 0 fully saturated rings. The lowest BCUT2D eigenvalue weighted by Crippen LogP contribution is -2.57. The van der Waals surface area contributed by atoms with E-state index in [1.54, 1.807) is 18.2 Å². The number of phenols is 1. The number of aliphatic hydroxyl groups is 3. The lowest BCUT2D eigenvalue weighted by molar-refractivity contribution is -0.144. The van der Waals surface area contributed by atoms with Crippen LogP contribution in [-0.4, -0.2) is 43.5 Å². The molecular weight excluding hydrogens is 483 g/mol. The first-order valence-electron chi connectivity index (χ1n) is 11.8. The fourth-order valence-corrected chi connectivity index (χ4v) is 5.79. The number of primary amides is 1. The molecule has 0 aliphatic heterocycles. The SMILES string of the molecule is NC(=O)C1=C(O)C[C@@H]2C[C@@H]3Cc4c(CNCc5ccc(F)cc5)ccc(O)c4C(=O)C3=C(O)[C@]2(O)C1=O. The fraction of sp³-hybridized carbons (Fsp3) is 0.296. The van der Waals surface area contributed by atoms with Gasteiger partial charge in [0.25, 0.3) is 5.91 Å². The number of halogens is 1. The van der Waals surface area contributed by atoms with E-state index in [1.165, 1.54) is 18.2 Å². The van der Waals surface area contributed by atoms with Crippen LogP contribution >= 0.6 is 0 Å². The van der Waals surface area contributed by atoms with Gasteiger partial charge in [-0.3, -0.25) is 14.4 Å². The second-order valence-electron chi connectivity index (χ2n) is 9.74. The van der Waals surface area contributed by atoms with E-state index in [1.807, 2.05) is 0 Å². The van der Waals surface area contributed by atoms with Gasteiger partial charge in [0.05, 0.1) is 5.56 Å². The summed E-state index contributed by atoms with van der Waals surface area (Å²) >= 11 is 0. The summed E-state index contributed by atoms with van der Waals surface area (Å²) in [5, 5.41) is 46.4. The molecule has 3 atom stereocenters. The molecule has 2 aromatic carbocycles. The van der Waals surface area contributed by atoms with Crippen molar-refractivity contribution in [1.82, 2.24) is 5.32 Å². The topological polar surface area (TPSA) is 170 Å². The van der Waals surface area contributed by atoms with Crippen molar-refractivity contribution >= 4 is 17.5 Å². The number of aromatic hydroxyl groups is 1. The third-order valence-electron chi connectivity index (χ3n) is 7.60. The van der Waals surface area contributed by atoms with Gasteiger partial charge in [0.2, 0.25) is 5.78 Å². The minimum atomic E-state index is -2.58. The summed E-state index contributed by atoms with van der Waals surface area (Å²) in [4.78, 5) is 38.3. The lowest BCUT2D eigenvalue weighted by atomic mass is 9.60. The molecule has 5 rings (SSSR count). The van der Waals surface area contributed by atoms with Gasteiger partial charge >= 0.3 is 0 Å². The van der Waals surface area contributed by atoms with Crippen molar-refractivity contribution in [2.24, 2.45) is 17.6 Å². The number of carbonyl (C=O) groups is 3. The van der Waals surface area contributed by atoms with E-state index in [0.29, 0.717) is 18.7 Å². The van der Waals surface area contributed by atoms with Crippen LogP contribution in [0.15, 0.2) is 59.1 Å². The minimum absolute atomic E-state index is 0.0299. The quantitative estimate of drug-likeness (QED) is 0.333. The number of nitrogens with one attached hydrogen (secondary N) is 1. The highest BCUT2D eigenvalue weighted by Gasteiger charge is 2.59. The molecule has 10 heteroatoms. The second-order valence-corrected chi connectivity index (χ2v) is 9.74. The van der Waals surface area contributed by atoms with E-state index >= 15 is 0 Å². The van der Waals surface area contributed by atoms with Crippen LogP contribution in [-0.2, 0) is 29.1 Å². The maximum absolute atomic E-state index is 13.6. The summed E-state index contributed by atoms with van der Waals surface area (Å²) in [6.07, 6.45) is 0.0267. The minimum Gasteiger partial charge on any atom is -0.511 e. The summed E-state index contributed by atoms with van der Waals surface area (Å²) in [5.41, 5.74) is 3.76. The number of benzene rings is 2. The van der Waals surface area contributed by atoms with Gasteiger partial charge in [0, 0.05) is 31.0 Å². The number of hydrogen-bond acceptors (Lipinski definition) is 8. The number of amides is 1. The predicted octanol–water partition coefficient (Wildman–Crippen LogP) is 2.01. The average Bonchev–Trinajstić information content (AvgIpc) is 2.83. The molecule has 9 nitrogen and oxygen atoms in total. The van der Waals surface area contributed by atoms with E-state index in [-0.39, 0.29) is 42.0 Å². The van der Waals surface area contributed by atoms with Gasteiger partial charge < -0.3 is 31.5 Å². The Morgan fingerprint density at radius 2 is 1.76 bits per heavy atom. The molecular formula is C27H25FN2O7. The number of carbonyl (C=O) groups excluding carboxylic acids is 3. The largest absolute Gasteiger partial charge is 0.511 e. The Morgan fingerprint density at radius 1 is 1.05 bits per heavy atom. The fourth-order valence-electron chi connectivity index (χ4n) is 5.79. The number of ketones is 2. The molecule has 0 aromatic heterocycles. The standard InChI is InChI=1S/C27H25FN2O7/c28-16-4-1-12(2-5-16)10-30-11-13-3-6-18(31)21-17(13)8-14-7-15-9-19(32)22(26(29)36)25(35)27(15,37)24(34)20(14)23(21)33/h1-6,14-15,30-32,34,37H,7-11H2,(H2,29,36)/t14-,15+,27+/m1/s1. The number of allylic oxidation sites excluding steroid dienone is 2. The number of rotatable bonds is 5. The van der Waals surface area contributed by atoms with Gasteiger partial charge in [-0.2, -0.15) is 0 Å². The van der Waals surface area contributed by atoms with Crippen molar-refractivity contribution in [3.8, 4) is 5.75 Å². The molecule has 0 radical (unpaired) electrons. The van der Waals surface area contributed by atoms with Crippen LogP contribution in [0.5, 0.6) is 5.75 Å². The van der Waals surface area contributed by atoms with Crippen molar-refractivity contribution in [2.75, 3.05) is 0 Å². The van der Waals surface area contributed by atoms with Crippen LogP contribution in [0.25, 0.3) is 0 Å². The van der Waals surface area contributed by atoms with Crippen molar-refractivity contribution in [3.05, 3.63) is 87.1 Å². The van der Waals surface area contributed by atoms with Gasteiger partial charge in [-0.15, -0.1) is 0 Å². The monoisotopic (exact) mass is 508 g/mol. The molecule has 0 bridgehead atoms. The van der Waals surface area contributed by atoms with Crippen molar-refractivity contribution < 1.29 is 39.2 Å². The lowest BCUT2D eigenvalue weighted by Gasteiger charge is -2.45. The molecule has 37 heavy (non-hydrogen) atoms. The number of phenolic OH excluding ortho intramolecular Hbond substituents is 1. The highest BCUT2D eigenvalue weighted by Crippen LogP contribution is 2.51. The number of fused-ring (bicyclic) bond motifs is 3.